The molecule has 1 amide bonds. The number of halogens is 2. The van der Waals surface area contributed by atoms with E-state index in [1.54, 1.807) is 17.2 Å². The van der Waals surface area contributed by atoms with Gasteiger partial charge in [0.2, 0.25) is 5.91 Å². The zero-order chi connectivity index (χ0) is 26.1. The van der Waals surface area contributed by atoms with Crippen molar-refractivity contribution in [3.8, 4) is 17.1 Å². The van der Waals surface area contributed by atoms with E-state index in [2.05, 4.69) is 32.1 Å². The molecule has 0 aliphatic carbocycles. The van der Waals surface area contributed by atoms with Crippen LogP contribution in [-0.2, 0) is 4.79 Å². The van der Waals surface area contributed by atoms with Gasteiger partial charge in [-0.1, -0.05) is 24.2 Å². The molecular formula is C26H27ClFN7O2. The van der Waals surface area contributed by atoms with Crippen LogP contribution in [-0.4, -0.2) is 77.4 Å². The molecule has 11 heteroatoms. The number of carbonyl (C=O) groups is 1. The van der Waals surface area contributed by atoms with Gasteiger partial charge in [-0.15, -0.1) is 0 Å². The monoisotopic (exact) mass is 523 g/mol. The number of amides is 1. The number of anilines is 1. The van der Waals surface area contributed by atoms with Crippen LogP contribution in [0, 0.1) is 12.7 Å². The molecule has 192 valence electrons. The van der Waals surface area contributed by atoms with E-state index in [0.29, 0.717) is 56.1 Å². The van der Waals surface area contributed by atoms with E-state index in [4.69, 9.17) is 16.3 Å². The smallest absolute Gasteiger partial charge is 0.319 e. The highest BCUT2D eigenvalue weighted by Gasteiger charge is 2.27. The number of rotatable bonds is 7. The van der Waals surface area contributed by atoms with Crippen molar-refractivity contribution < 1.29 is 13.9 Å². The molecule has 0 radical (unpaired) electrons. The maximum absolute atomic E-state index is 16.4. The fourth-order valence-corrected chi connectivity index (χ4v) is 4.95. The fourth-order valence-electron chi connectivity index (χ4n) is 4.67. The van der Waals surface area contributed by atoms with Crippen molar-refractivity contribution in [3.05, 3.63) is 53.5 Å². The van der Waals surface area contributed by atoms with Crippen molar-refractivity contribution >= 4 is 45.1 Å². The Morgan fingerprint density at radius 1 is 1.24 bits per heavy atom. The molecular weight excluding hydrogens is 497 g/mol. The Balaban J connectivity index is 1.66. The summed E-state index contributed by atoms with van der Waals surface area (Å²) in [6.07, 6.45) is 2.97. The Morgan fingerprint density at radius 2 is 2.03 bits per heavy atom. The van der Waals surface area contributed by atoms with E-state index >= 15 is 4.39 Å². The van der Waals surface area contributed by atoms with Gasteiger partial charge >= 0.3 is 6.01 Å². The van der Waals surface area contributed by atoms with Crippen molar-refractivity contribution in [2.45, 2.75) is 6.92 Å². The van der Waals surface area contributed by atoms with Crippen LogP contribution in [0.3, 0.4) is 0 Å². The molecule has 0 bridgehead atoms. The summed E-state index contributed by atoms with van der Waals surface area (Å²) in [6.45, 7) is 8.37. The lowest BCUT2D eigenvalue weighted by atomic mass is 9.95. The highest BCUT2D eigenvalue weighted by atomic mass is 35.5. The van der Waals surface area contributed by atoms with Crippen LogP contribution in [0.5, 0.6) is 6.01 Å². The lowest BCUT2D eigenvalue weighted by Crippen LogP contribution is -2.48. The number of fused-ring (bicyclic) bond motifs is 2. The lowest BCUT2D eigenvalue weighted by Gasteiger charge is -2.35. The summed E-state index contributed by atoms with van der Waals surface area (Å²) in [5.41, 5.74) is 2.67. The number of nitrogens with zero attached hydrogens (tertiary/aromatic N) is 5. The van der Waals surface area contributed by atoms with Gasteiger partial charge in [-0.3, -0.25) is 9.89 Å². The van der Waals surface area contributed by atoms with Gasteiger partial charge in [-0.05, 0) is 37.7 Å². The van der Waals surface area contributed by atoms with Gasteiger partial charge in [0.1, 0.15) is 17.9 Å². The highest BCUT2D eigenvalue weighted by Crippen LogP contribution is 2.42. The number of likely N-dealkylation sites (N-methyl/N-ethyl adjacent to an activating group) is 1. The zero-order valence-corrected chi connectivity index (χ0v) is 21.4. The fraction of sp³-hybridized carbons (Fsp3) is 0.308. The first-order chi connectivity index (χ1) is 17.9. The number of aromatic amines is 1. The standard InChI is InChI=1S/C26H27ClFN7O2/c1-4-20(36)34-8-10-35(11-9-34)25-16-13-18(27)22(21-15(2)5-6-19-17(21)14-30-33-19)23(28)24(16)31-26(32-25)37-12-7-29-3/h4-6,13-14,29H,1,7-12H2,2-3H3,(H,30,33). The van der Waals surface area contributed by atoms with Crippen LogP contribution in [0.15, 0.2) is 37.1 Å². The predicted octanol–water partition coefficient (Wildman–Crippen LogP) is 3.71. The van der Waals surface area contributed by atoms with E-state index in [0.717, 1.165) is 16.5 Å². The van der Waals surface area contributed by atoms with Crippen molar-refractivity contribution in [3.63, 3.8) is 0 Å². The second-order valence-corrected chi connectivity index (χ2v) is 9.24. The Bertz CT molecular complexity index is 1500. The number of nitrogens with one attached hydrogen (secondary N) is 2. The first-order valence-electron chi connectivity index (χ1n) is 12.0. The first kappa shape index (κ1) is 24.9. The van der Waals surface area contributed by atoms with Gasteiger partial charge in [-0.2, -0.15) is 15.1 Å². The Labute approximate surface area is 218 Å². The number of carbonyl (C=O) groups excluding carboxylic acids is 1. The largest absolute Gasteiger partial charge is 0.462 e. The summed E-state index contributed by atoms with van der Waals surface area (Å²) in [6, 6.07) is 5.59. The van der Waals surface area contributed by atoms with Gasteiger partial charge in [0.05, 0.1) is 16.7 Å². The van der Waals surface area contributed by atoms with E-state index in [1.165, 1.54) is 6.08 Å². The molecule has 3 heterocycles. The van der Waals surface area contributed by atoms with Crippen LogP contribution in [0.1, 0.15) is 5.56 Å². The quantitative estimate of drug-likeness (QED) is 0.281. The summed E-state index contributed by atoms with van der Waals surface area (Å²) in [4.78, 5) is 24.9. The third-order valence-electron chi connectivity index (χ3n) is 6.57. The molecule has 0 atom stereocenters. The lowest BCUT2D eigenvalue weighted by molar-refractivity contribution is -0.126. The zero-order valence-electron chi connectivity index (χ0n) is 20.6. The van der Waals surface area contributed by atoms with E-state index in [-0.39, 0.29) is 28.0 Å². The van der Waals surface area contributed by atoms with Crippen LogP contribution < -0.4 is 15.0 Å². The summed E-state index contributed by atoms with van der Waals surface area (Å²) in [5.74, 6) is -0.159. The van der Waals surface area contributed by atoms with Gasteiger partial charge in [-0.25, -0.2) is 4.39 Å². The molecule has 2 N–H and O–H groups in total. The number of benzene rings is 2. The third kappa shape index (κ3) is 4.58. The van der Waals surface area contributed by atoms with Crippen molar-refractivity contribution in [2.75, 3.05) is 51.3 Å². The van der Waals surface area contributed by atoms with Crippen LogP contribution in [0.4, 0.5) is 10.2 Å². The molecule has 0 spiro atoms. The maximum Gasteiger partial charge on any atom is 0.319 e. The van der Waals surface area contributed by atoms with Gasteiger partial charge in [0, 0.05) is 54.6 Å². The Morgan fingerprint density at radius 3 is 2.76 bits per heavy atom. The minimum atomic E-state index is -0.554. The average Bonchev–Trinajstić information content (AvgIpc) is 3.39. The number of piperazine rings is 1. The molecule has 2 aromatic carbocycles. The molecule has 5 rings (SSSR count). The number of hydrogen-bond acceptors (Lipinski definition) is 7. The molecule has 4 aromatic rings. The van der Waals surface area contributed by atoms with Gasteiger partial charge < -0.3 is 19.9 Å². The third-order valence-corrected chi connectivity index (χ3v) is 6.87. The predicted molar refractivity (Wildman–Crippen MR) is 143 cm³/mol. The van der Waals surface area contributed by atoms with Crippen molar-refractivity contribution in [2.24, 2.45) is 0 Å². The summed E-state index contributed by atoms with van der Waals surface area (Å²) >= 11 is 6.77. The van der Waals surface area contributed by atoms with E-state index in [1.807, 2.05) is 31.0 Å². The molecule has 9 nitrogen and oxygen atoms in total. The second-order valence-electron chi connectivity index (χ2n) is 8.83. The minimum Gasteiger partial charge on any atom is -0.462 e. The average molecular weight is 524 g/mol. The number of H-pyrrole nitrogens is 1. The molecule has 1 saturated heterocycles. The van der Waals surface area contributed by atoms with Crippen LogP contribution in [0.25, 0.3) is 32.9 Å². The van der Waals surface area contributed by atoms with Crippen LogP contribution in [0.2, 0.25) is 5.02 Å². The Kier molecular flexibility index (Phi) is 6.94. The first-order valence-corrected chi connectivity index (χ1v) is 12.4. The molecule has 0 saturated carbocycles. The van der Waals surface area contributed by atoms with Crippen molar-refractivity contribution in [1.82, 2.24) is 30.4 Å². The van der Waals surface area contributed by atoms with Gasteiger partial charge in [0.25, 0.3) is 0 Å². The highest BCUT2D eigenvalue weighted by molar-refractivity contribution is 6.35. The Hall–Kier alpha value is -3.76. The summed E-state index contributed by atoms with van der Waals surface area (Å²) in [5, 5.41) is 11.6. The summed E-state index contributed by atoms with van der Waals surface area (Å²) < 4.78 is 22.2. The topological polar surface area (TPSA) is 99.3 Å². The molecule has 1 fully saturated rings. The number of aromatic nitrogens is 4. The molecule has 1 aliphatic rings. The molecule has 2 aromatic heterocycles. The molecule has 37 heavy (non-hydrogen) atoms. The van der Waals surface area contributed by atoms with E-state index in [9.17, 15) is 4.79 Å². The normalized spacial score (nSPS) is 13.9. The number of aryl methyl sites for hydroxylation is 1. The number of ether oxygens (including phenoxy) is 1. The molecule has 0 unspecified atom stereocenters. The van der Waals surface area contributed by atoms with E-state index < -0.39 is 5.82 Å². The minimum absolute atomic E-state index is 0.0766. The summed E-state index contributed by atoms with van der Waals surface area (Å²) in [7, 11) is 1.81. The van der Waals surface area contributed by atoms with Crippen LogP contribution >= 0.6 is 11.6 Å². The maximum atomic E-state index is 16.4. The van der Waals surface area contributed by atoms with Gasteiger partial charge in [0.15, 0.2) is 5.82 Å². The molecule has 1 aliphatic heterocycles. The SMILES string of the molecule is C=CC(=O)N1CCN(c2nc(OCCNC)nc3c(F)c(-c4c(C)ccc5[nH]ncc45)c(Cl)cc23)CC1. The number of hydrogen-bond donors (Lipinski definition) is 2. The second kappa shape index (κ2) is 10.3. The van der Waals surface area contributed by atoms with Crippen molar-refractivity contribution in [1.29, 1.82) is 0 Å².